The van der Waals surface area contributed by atoms with Gasteiger partial charge >= 0.3 is 0 Å². The number of aryl methyl sites for hydroxylation is 1. The van der Waals surface area contributed by atoms with Gasteiger partial charge in [0.05, 0.1) is 17.2 Å². The molecule has 3 aromatic rings. The molecule has 0 saturated carbocycles. The predicted molar refractivity (Wildman–Crippen MR) is 112 cm³/mol. The van der Waals surface area contributed by atoms with E-state index in [9.17, 15) is 4.79 Å². The molecule has 0 unspecified atom stereocenters. The molecule has 0 amide bonds. The van der Waals surface area contributed by atoms with E-state index in [1.807, 2.05) is 22.2 Å². The highest BCUT2D eigenvalue weighted by Crippen LogP contribution is 2.25. The van der Waals surface area contributed by atoms with Gasteiger partial charge in [0.25, 0.3) is 5.56 Å². The Morgan fingerprint density at radius 3 is 2.63 bits per heavy atom. The van der Waals surface area contributed by atoms with Gasteiger partial charge in [0, 0.05) is 13.1 Å². The molecule has 5 heteroatoms. The van der Waals surface area contributed by atoms with Crippen LogP contribution in [0, 0.1) is 5.92 Å². The topological polar surface area (TPSA) is 34.5 Å². The van der Waals surface area contributed by atoms with Crippen LogP contribution >= 0.6 is 11.5 Å². The Hall–Kier alpha value is -2.11. The van der Waals surface area contributed by atoms with E-state index in [2.05, 4.69) is 35.2 Å². The molecule has 0 N–H and O–H groups in total. The van der Waals surface area contributed by atoms with E-state index in [1.165, 1.54) is 18.4 Å². The van der Waals surface area contributed by atoms with Gasteiger partial charge in [-0.25, -0.2) is 0 Å². The van der Waals surface area contributed by atoms with Crippen molar-refractivity contribution in [3.8, 4) is 5.75 Å². The van der Waals surface area contributed by atoms with Crippen LogP contribution in [0.15, 0.2) is 53.3 Å². The summed E-state index contributed by atoms with van der Waals surface area (Å²) >= 11 is 1.57. The number of methoxy groups -OCH3 is 1. The maximum absolute atomic E-state index is 12.6. The number of ether oxygens (including phenoxy) is 1. The molecule has 0 aliphatic carbocycles. The second kappa shape index (κ2) is 8.28. The zero-order valence-electron chi connectivity index (χ0n) is 15.8. The summed E-state index contributed by atoms with van der Waals surface area (Å²) in [7, 11) is 1.64. The molecule has 27 heavy (non-hydrogen) atoms. The maximum atomic E-state index is 12.6. The Bertz CT molecular complexity index is 940. The number of piperidine rings is 1. The van der Waals surface area contributed by atoms with Gasteiger partial charge in [-0.2, -0.15) is 0 Å². The highest BCUT2D eigenvalue weighted by molar-refractivity contribution is 7.13. The molecule has 4 rings (SSSR count). The zero-order chi connectivity index (χ0) is 18.6. The number of benzene rings is 2. The summed E-state index contributed by atoms with van der Waals surface area (Å²) in [5, 5.41) is 0.775. The number of hydrogen-bond donors (Lipinski definition) is 0. The van der Waals surface area contributed by atoms with Crippen molar-refractivity contribution in [2.24, 2.45) is 5.92 Å². The Kier molecular flexibility index (Phi) is 5.60. The van der Waals surface area contributed by atoms with Crippen molar-refractivity contribution in [3.63, 3.8) is 0 Å². The molecule has 1 aliphatic heterocycles. The van der Waals surface area contributed by atoms with Gasteiger partial charge in [0.1, 0.15) is 5.75 Å². The van der Waals surface area contributed by atoms with E-state index in [0.717, 1.165) is 48.4 Å². The molecule has 142 valence electrons. The normalized spacial score (nSPS) is 16.0. The second-order valence-corrected chi connectivity index (χ2v) is 8.42. The summed E-state index contributed by atoms with van der Waals surface area (Å²) < 4.78 is 8.20. The predicted octanol–water partition coefficient (Wildman–Crippen LogP) is 4.37. The van der Waals surface area contributed by atoms with E-state index in [1.54, 1.807) is 18.6 Å². The average molecular weight is 383 g/mol. The first-order valence-corrected chi connectivity index (χ1v) is 10.4. The van der Waals surface area contributed by atoms with Crippen molar-refractivity contribution in [2.45, 2.75) is 32.4 Å². The molecule has 2 heterocycles. The fourth-order valence-electron chi connectivity index (χ4n) is 3.90. The number of fused-ring (bicyclic) bond motifs is 1. The molecule has 1 fully saturated rings. The van der Waals surface area contributed by atoms with Crippen molar-refractivity contribution in [1.82, 2.24) is 8.86 Å². The van der Waals surface area contributed by atoms with Crippen LogP contribution in [0.25, 0.3) is 10.1 Å². The number of aromatic nitrogens is 1. The summed E-state index contributed by atoms with van der Waals surface area (Å²) in [4.78, 5) is 15.2. The molecule has 1 aromatic heterocycles. The van der Waals surface area contributed by atoms with E-state index in [-0.39, 0.29) is 5.56 Å². The van der Waals surface area contributed by atoms with Gasteiger partial charge in [-0.1, -0.05) is 41.9 Å². The van der Waals surface area contributed by atoms with Crippen LogP contribution in [0.4, 0.5) is 0 Å². The lowest BCUT2D eigenvalue weighted by Crippen LogP contribution is -2.33. The molecular formula is C22H26N2O2S. The van der Waals surface area contributed by atoms with Crippen molar-refractivity contribution in [1.29, 1.82) is 0 Å². The first kappa shape index (κ1) is 18.3. The third-order valence-electron chi connectivity index (χ3n) is 5.55. The van der Waals surface area contributed by atoms with Gasteiger partial charge in [-0.15, -0.1) is 0 Å². The maximum Gasteiger partial charge on any atom is 0.268 e. The van der Waals surface area contributed by atoms with Crippen LogP contribution in [0.1, 0.15) is 24.8 Å². The second-order valence-electron chi connectivity index (χ2n) is 7.35. The van der Waals surface area contributed by atoms with E-state index in [4.69, 9.17) is 4.74 Å². The number of rotatable bonds is 6. The summed E-state index contributed by atoms with van der Waals surface area (Å²) in [6.45, 7) is 4.17. The van der Waals surface area contributed by atoms with Crippen LogP contribution in [-0.2, 0) is 13.1 Å². The SMILES string of the molecule is COc1ccc2sn(CCC3CCN(Cc4ccccc4)CC3)c(=O)c2c1. The fraction of sp³-hybridized carbons (Fsp3) is 0.409. The van der Waals surface area contributed by atoms with Crippen molar-refractivity contribution in [2.75, 3.05) is 20.2 Å². The number of likely N-dealkylation sites (tertiary alicyclic amines) is 1. The van der Waals surface area contributed by atoms with Crippen LogP contribution in [0.5, 0.6) is 5.75 Å². The van der Waals surface area contributed by atoms with Gasteiger partial charge in [-0.3, -0.25) is 13.7 Å². The third kappa shape index (κ3) is 4.25. The Labute approximate surface area is 164 Å². The highest BCUT2D eigenvalue weighted by Gasteiger charge is 2.20. The first-order chi connectivity index (χ1) is 13.2. The fourth-order valence-corrected chi connectivity index (χ4v) is 4.89. The zero-order valence-corrected chi connectivity index (χ0v) is 16.6. The molecule has 0 radical (unpaired) electrons. The Balaban J connectivity index is 1.32. The van der Waals surface area contributed by atoms with Gasteiger partial charge in [-0.05, 0) is 62.0 Å². The minimum atomic E-state index is 0.121. The Morgan fingerprint density at radius 2 is 1.89 bits per heavy atom. The van der Waals surface area contributed by atoms with Crippen LogP contribution in [0.3, 0.4) is 0 Å². The molecule has 4 nitrogen and oxygen atoms in total. The monoisotopic (exact) mass is 382 g/mol. The minimum Gasteiger partial charge on any atom is -0.497 e. The summed E-state index contributed by atoms with van der Waals surface area (Å²) in [6.07, 6.45) is 3.53. The van der Waals surface area contributed by atoms with Gasteiger partial charge in [0.15, 0.2) is 0 Å². The molecule has 0 atom stereocenters. The minimum absolute atomic E-state index is 0.121. The Morgan fingerprint density at radius 1 is 1.11 bits per heavy atom. The van der Waals surface area contributed by atoms with Gasteiger partial charge < -0.3 is 4.74 Å². The van der Waals surface area contributed by atoms with E-state index in [0.29, 0.717) is 5.92 Å². The summed E-state index contributed by atoms with van der Waals surface area (Å²) in [6, 6.07) is 16.5. The lowest BCUT2D eigenvalue weighted by atomic mass is 9.93. The van der Waals surface area contributed by atoms with Crippen molar-refractivity contribution < 1.29 is 4.74 Å². The molecule has 1 aliphatic rings. The molecule has 1 saturated heterocycles. The lowest BCUT2D eigenvalue weighted by molar-refractivity contribution is 0.170. The molecular weight excluding hydrogens is 356 g/mol. The number of nitrogens with zero attached hydrogens (tertiary/aromatic N) is 2. The van der Waals surface area contributed by atoms with Crippen LogP contribution in [-0.4, -0.2) is 29.1 Å². The van der Waals surface area contributed by atoms with Gasteiger partial charge in [0.2, 0.25) is 0 Å². The van der Waals surface area contributed by atoms with Crippen LogP contribution < -0.4 is 10.3 Å². The molecule has 2 aromatic carbocycles. The van der Waals surface area contributed by atoms with Crippen molar-refractivity contribution in [3.05, 3.63) is 64.4 Å². The van der Waals surface area contributed by atoms with E-state index < -0.39 is 0 Å². The van der Waals surface area contributed by atoms with Crippen molar-refractivity contribution >= 4 is 21.6 Å². The average Bonchev–Trinajstić information content (AvgIpc) is 3.03. The standard InChI is InChI=1S/C22H26N2O2S/c1-26-19-7-8-21-20(15-19)22(25)24(27-21)14-11-17-9-12-23(13-10-17)16-18-5-3-2-4-6-18/h2-8,15,17H,9-14,16H2,1H3. The smallest absolute Gasteiger partial charge is 0.268 e. The number of hydrogen-bond acceptors (Lipinski definition) is 4. The van der Waals surface area contributed by atoms with Crippen LogP contribution in [0.2, 0.25) is 0 Å². The molecule has 0 spiro atoms. The quantitative estimate of drug-likeness (QED) is 0.635. The summed E-state index contributed by atoms with van der Waals surface area (Å²) in [5.74, 6) is 1.46. The molecule has 0 bridgehead atoms. The third-order valence-corrected chi connectivity index (χ3v) is 6.67. The first-order valence-electron chi connectivity index (χ1n) is 9.67. The summed E-state index contributed by atoms with van der Waals surface area (Å²) in [5.41, 5.74) is 1.51. The van der Waals surface area contributed by atoms with E-state index >= 15 is 0 Å². The highest BCUT2D eigenvalue weighted by atomic mass is 32.1. The largest absolute Gasteiger partial charge is 0.497 e. The lowest BCUT2D eigenvalue weighted by Gasteiger charge is -2.32.